The number of aromatic hydroxyl groups is 1. The van der Waals surface area contributed by atoms with Gasteiger partial charge >= 0.3 is 5.97 Å². The molecule has 7 heteroatoms. The number of carbonyl (C=O) groups is 1. The lowest BCUT2D eigenvalue weighted by atomic mass is 9.75. The number of hydrogen-bond donors (Lipinski definition) is 3. The third-order valence-electron chi connectivity index (χ3n) is 5.24. The van der Waals surface area contributed by atoms with Gasteiger partial charge in [0.15, 0.2) is 0 Å². The molecule has 0 spiro atoms. The third kappa shape index (κ3) is 2.98. The second kappa shape index (κ2) is 6.74. The number of phenolic OH excluding ortho intramolecular Hbond substituents is 1. The summed E-state index contributed by atoms with van der Waals surface area (Å²) in [5.74, 6) is -0.738. The summed E-state index contributed by atoms with van der Waals surface area (Å²) in [5.41, 5.74) is 6.11. The monoisotopic (exact) mass is 372 g/mol. The van der Waals surface area contributed by atoms with E-state index >= 15 is 0 Å². The maximum atomic E-state index is 13.3. The van der Waals surface area contributed by atoms with Crippen molar-refractivity contribution >= 4 is 11.8 Å². The number of ether oxygens (including phenoxy) is 1. The van der Waals surface area contributed by atoms with Gasteiger partial charge in [-0.2, -0.15) is 0 Å². The number of aryl methyl sites for hydroxylation is 1. The molecule has 0 aliphatic heterocycles. The van der Waals surface area contributed by atoms with Crippen molar-refractivity contribution < 1.29 is 19.7 Å². The zero-order valence-electron chi connectivity index (χ0n) is 15.7. The highest BCUT2D eigenvalue weighted by molar-refractivity contribution is 5.95. The standard InChI is InChI=1S/C20H24N2O5/c1-4-27-19(25)13-10-14(20(26)8-5-9-20)18(24)22(17(13)21)16-11(2)6-7-15(23)12(16)3/h6-7,10,23,26H,4-5,8-9,21H2,1-3H3. The first kappa shape index (κ1) is 19.0. The van der Waals surface area contributed by atoms with E-state index < -0.39 is 17.1 Å². The topological polar surface area (TPSA) is 115 Å². The van der Waals surface area contributed by atoms with E-state index in [-0.39, 0.29) is 29.3 Å². The molecule has 0 amide bonds. The van der Waals surface area contributed by atoms with E-state index in [2.05, 4.69) is 0 Å². The Morgan fingerprint density at radius 1 is 1.33 bits per heavy atom. The molecule has 1 heterocycles. The van der Waals surface area contributed by atoms with Crippen LogP contribution in [0.4, 0.5) is 5.82 Å². The number of nitrogen functional groups attached to an aromatic ring is 1. The number of aliphatic hydroxyl groups is 1. The van der Waals surface area contributed by atoms with E-state index in [1.807, 2.05) is 0 Å². The summed E-state index contributed by atoms with van der Waals surface area (Å²) in [5, 5.41) is 20.9. The summed E-state index contributed by atoms with van der Waals surface area (Å²) >= 11 is 0. The highest BCUT2D eigenvalue weighted by Gasteiger charge is 2.40. The summed E-state index contributed by atoms with van der Waals surface area (Å²) in [7, 11) is 0. The highest BCUT2D eigenvalue weighted by atomic mass is 16.5. The average molecular weight is 372 g/mol. The van der Waals surface area contributed by atoms with Crippen LogP contribution in [-0.2, 0) is 10.3 Å². The molecule has 144 valence electrons. The number of carbonyl (C=O) groups excluding carboxylic acids is 1. The van der Waals surface area contributed by atoms with Crippen LogP contribution in [0, 0.1) is 13.8 Å². The number of esters is 1. The van der Waals surface area contributed by atoms with Crippen LogP contribution in [0.5, 0.6) is 5.75 Å². The molecule has 1 aliphatic carbocycles. The van der Waals surface area contributed by atoms with Crippen LogP contribution >= 0.6 is 0 Å². The smallest absolute Gasteiger partial charge is 0.341 e. The number of pyridine rings is 1. The van der Waals surface area contributed by atoms with Crippen LogP contribution in [0.1, 0.15) is 53.2 Å². The SMILES string of the molecule is CCOC(=O)c1cc(C2(O)CCC2)c(=O)n(-c2c(C)ccc(O)c2C)c1N. The molecular weight excluding hydrogens is 348 g/mol. The van der Waals surface area contributed by atoms with Gasteiger partial charge < -0.3 is 20.7 Å². The van der Waals surface area contributed by atoms with Gasteiger partial charge in [0.25, 0.3) is 5.56 Å². The predicted octanol–water partition coefficient (Wildman–Crippen LogP) is 2.29. The van der Waals surface area contributed by atoms with E-state index in [1.54, 1.807) is 26.8 Å². The van der Waals surface area contributed by atoms with Crippen LogP contribution in [0.15, 0.2) is 23.0 Å². The minimum atomic E-state index is -1.29. The molecule has 1 aromatic carbocycles. The normalized spacial score (nSPS) is 15.3. The molecule has 1 fully saturated rings. The van der Waals surface area contributed by atoms with Gasteiger partial charge in [-0.15, -0.1) is 0 Å². The molecule has 0 unspecified atom stereocenters. The molecule has 0 radical (unpaired) electrons. The van der Waals surface area contributed by atoms with Gasteiger partial charge in [-0.05, 0) is 57.7 Å². The molecule has 7 nitrogen and oxygen atoms in total. The Hall–Kier alpha value is -2.80. The molecular formula is C20H24N2O5. The van der Waals surface area contributed by atoms with Gasteiger partial charge in [0.1, 0.15) is 17.1 Å². The zero-order valence-corrected chi connectivity index (χ0v) is 15.7. The lowest BCUT2D eigenvalue weighted by molar-refractivity contribution is -0.0402. The molecule has 1 aliphatic rings. The van der Waals surface area contributed by atoms with Crippen molar-refractivity contribution in [2.45, 2.75) is 45.6 Å². The second-order valence-corrected chi connectivity index (χ2v) is 6.98. The molecule has 27 heavy (non-hydrogen) atoms. The Balaban J connectivity index is 2.39. The van der Waals surface area contributed by atoms with Crippen molar-refractivity contribution in [3.63, 3.8) is 0 Å². The van der Waals surface area contributed by atoms with Gasteiger partial charge in [0.2, 0.25) is 0 Å². The Kier molecular flexibility index (Phi) is 4.73. The maximum absolute atomic E-state index is 13.3. The average Bonchev–Trinajstić information content (AvgIpc) is 2.59. The van der Waals surface area contributed by atoms with Crippen LogP contribution in [0.25, 0.3) is 5.69 Å². The van der Waals surface area contributed by atoms with Crippen molar-refractivity contribution in [1.82, 2.24) is 4.57 Å². The van der Waals surface area contributed by atoms with Crippen LogP contribution < -0.4 is 11.3 Å². The summed E-state index contributed by atoms with van der Waals surface area (Å²) in [6.45, 7) is 5.27. The fourth-order valence-corrected chi connectivity index (χ4v) is 3.51. The first-order chi connectivity index (χ1) is 12.7. The Labute approximate surface area is 157 Å². The molecule has 3 rings (SSSR count). The second-order valence-electron chi connectivity index (χ2n) is 6.98. The quantitative estimate of drug-likeness (QED) is 0.710. The van der Waals surface area contributed by atoms with E-state index in [1.165, 1.54) is 16.7 Å². The highest BCUT2D eigenvalue weighted by Crippen LogP contribution is 2.41. The van der Waals surface area contributed by atoms with Crippen LogP contribution in [0.2, 0.25) is 0 Å². The van der Waals surface area contributed by atoms with Crippen LogP contribution in [-0.4, -0.2) is 27.4 Å². The van der Waals surface area contributed by atoms with Crippen molar-refractivity contribution in [1.29, 1.82) is 0 Å². The molecule has 1 aromatic heterocycles. The number of rotatable bonds is 4. The van der Waals surface area contributed by atoms with Crippen LogP contribution in [0.3, 0.4) is 0 Å². The van der Waals surface area contributed by atoms with Gasteiger partial charge in [0.05, 0.1) is 23.5 Å². The van der Waals surface area contributed by atoms with E-state index in [9.17, 15) is 19.8 Å². The van der Waals surface area contributed by atoms with Crippen molar-refractivity contribution in [3.05, 3.63) is 50.8 Å². The van der Waals surface area contributed by atoms with Gasteiger partial charge in [-0.3, -0.25) is 9.36 Å². The van der Waals surface area contributed by atoms with E-state index in [0.717, 1.165) is 6.42 Å². The maximum Gasteiger partial charge on any atom is 0.341 e. The number of nitrogens with two attached hydrogens (primary N) is 1. The Morgan fingerprint density at radius 3 is 2.56 bits per heavy atom. The molecule has 0 atom stereocenters. The minimum Gasteiger partial charge on any atom is -0.508 e. The largest absolute Gasteiger partial charge is 0.508 e. The molecule has 0 saturated heterocycles. The molecule has 1 saturated carbocycles. The van der Waals surface area contributed by atoms with Crippen molar-refractivity contribution in [3.8, 4) is 11.4 Å². The minimum absolute atomic E-state index is 0.00680. The van der Waals surface area contributed by atoms with Gasteiger partial charge in [-0.1, -0.05) is 6.07 Å². The molecule has 2 aromatic rings. The number of hydrogen-bond acceptors (Lipinski definition) is 6. The third-order valence-corrected chi connectivity index (χ3v) is 5.24. The first-order valence-corrected chi connectivity index (χ1v) is 8.96. The van der Waals surface area contributed by atoms with E-state index in [4.69, 9.17) is 10.5 Å². The predicted molar refractivity (Wildman–Crippen MR) is 101 cm³/mol. The molecule has 0 bridgehead atoms. The first-order valence-electron chi connectivity index (χ1n) is 8.96. The number of anilines is 1. The fourth-order valence-electron chi connectivity index (χ4n) is 3.51. The summed E-state index contributed by atoms with van der Waals surface area (Å²) in [6.07, 6.45) is 1.66. The van der Waals surface area contributed by atoms with Gasteiger partial charge in [-0.25, -0.2) is 4.79 Å². The molecule has 4 N–H and O–H groups in total. The van der Waals surface area contributed by atoms with Gasteiger partial charge in [0, 0.05) is 5.56 Å². The lowest BCUT2D eigenvalue weighted by Crippen LogP contribution is -2.42. The van der Waals surface area contributed by atoms with Crippen molar-refractivity contribution in [2.24, 2.45) is 0 Å². The fraction of sp³-hybridized carbons (Fsp3) is 0.400. The summed E-state index contributed by atoms with van der Waals surface area (Å²) in [4.78, 5) is 25.7. The van der Waals surface area contributed by atoms with E-state index in [0.29, 0.717) is 29.7 Å². The number of phenols is 1. The zero-order chi connectivity index (χ0) is 19.9. The van der Waals surface area contributed by atoms with Crippen molar-refractivity contribution in [2.75, 3.05) is 12.3 Å². The number of benzene rings is 1. The Morgan fingerprint density at radius 2 is 2.00 bits per heavy atom. The number of nitrogens with zero attached hydrogens (tertiary/aromatic N) is 1. The Bertz CT molecular complexity index is 973. The summed E-state index contributed by atoms with van der Waals surface area (Å²) < 4.78 is 6.27. The summed E-state index contributed by atoms with van der Waals surface area (Å²) in [6, 6.07) is 4.54. The lowest BCUT2D eigenvalue weighted by Gasteiger charge is -2.37. The number of aromatic nitrogens is 1.